The van der Waals surface area contributed by atoms with E-state index in [0.717, 1.165) is 59.4 Å². The number of fused-ring (bicyclic) bond motifs is 1. The van der Waals surface area contributed by atoms with Gasteiger partial charge in [-0.15, -0.1) is 11.3 Å². The van der Waals surface area contributed by atoms with Crippen LogP contribution >= 0.6 is 11.3 Å². The molecule has 0 radical (unpaired) electrons. The van der Waals surface area contributed by atoms with E-state index in [0.29, 0.717) is 17.1 Å². The first-order valence-electron chi connectivity index (χ1n) is 10.5. The second-order valence-electron chi connectivity index (χ2n) is 8.25. The number of hydrogen-bond donors (Lipinski definition) is 2. The number of benzene rings is 1. The number of anilines is 2. The van der Waals surface area contributed by atoms with Crippen LogP contribution in [0.3, 0.4) is 0 Å². The zero-order chi connectivity index (χ0) is 21.4. The Bertz CT molecular complexity index is 1030. The molecule has 2 aromatic rings. The third-order valence-electron chi connectivity index (χ3n) is 6.27. The van der Waals surface area contributed by atoms with Gasteiger partial charge >= 0.3 is 0 Å². The van der Waals surface area contributed by atoms with Crippen molar-refractivity contribution in [3.63, 3.8) is 0 Å². The number of carbonyl (C=O) groups excluding carboxylic acids is 3. The molecule has 1 atom stereocenters. The Morgan fingerprint density at radius 3 is 2.70 bits per heavy atom. The first-order chi connectivity index (χ1) is 14.4. The van der Waals surface area contributed by atoms with Gasteiger partial charge < -0.3 is 16.0 Å². The average molecular weight is 426 g/mol. The topological polar surface area (TPSA) is 92.5 Å². The monoisotopic (exact) mass is 425 g/mol. The number of rotatable bonds is 4. The zero-order valence-electron chi connectivity index (χ0n) is 17.4. The van der Waals surface area contributed by atoms with Gasteiger partial charge in [-0.05, 0) is 62.3 Å². The molecular weight excluding hydrogens is 398 g/mol. The zero-order valence-corrected chi connectivity index (χ0v) is 18.2. The summed E-state index contributed by atoms with van der Waals surface area (Å²) in [6, 6.07) is 5.86. The van der Waals surface area contributed by atoms with Gasteiger partial charge in [0.15, 0.2) is 0 Å². The van der Waals surface area contributed by atoms with Crippen LogP contribution in [0.2, 0.25) is 0 Å². The minimum atomic E-state index is -0.496. The maximum Gasteiger partial charge on any atom is 0.251 e. The summed E-state index contributed by atoms with van der Waals surface area (Å²) in [4.78, 5) is 40.7. The molecule has 158 valence electrons. The fraction of sp³-hybridized carbons (Fsp3) is 0.435. The van der Waals surface area contributed by atoms with E-state index >= 15 is 0 Å². The third-order valence-corrected chi connectivity index (χ3v) is 7.47. The molecule has 2 heterocycles. The largest absolute Gasteiger partial charge is 0.365 e. The minimum absolute atomic E-state index is 0.0547. The van der Waals surface area contributed by atoms with Crippen LogP contribution in [0.5, 0.6) is 0 Å². The fourth-order valence-corrected chi connectivity index (χ4v) is 5.75. The highest BCUT2D eigenvalue weighted by atomic mass is 32.1. The Labute approximate surface area is 180 Å². The third kappa shape index (κ3) is 3.74. The van der Waals surface area contributed by atoms with Gasteiger partial charge in [0, 0.05) is 23.5 Å². The van der Waals surface area contributed by atoms with Crippen LogP contribution in [0.1, 0.15) is 57.6 Å². The Hall–Kier alpha value is -2.67. The molecular formula is C23H27N3O3S. The molecule has 2 aliphatic rings. The summed E-state index contributed by atoms with van der Waals surface area (Å²) in [5.74, 6) is -1.24. The number of amides is 3. The molecule has 1 fully saturated rings. The van der Waals surface area contributed by atoms with Gasteiger partial charge in [-0.1, -0.05) is 18.6 Å². The van der Waals surface area contributed by atoms with Crippen LogP contribution in [-0.4, -0.2) is 24.3 Å². The molecule has 4 rings (SSSR count). The van der Waals surface area contributed by atoms with Crippen LogP contribution in [0.4, 0.5) is 10.7 Å². The van der Waals surface area contributed by atoms with Gasteiger partial charge in [0.2, 0.25) is 11.8 Å². The summed E-state index contributed by atoms with van der Waals surface area (Å²) in [6.07, 6.45) is 5.15. The van der Waals surface area contributed by atoms with E-state index in [2.05, 4.69) is 5.32 Å². The van der Waals surface area contributed by atoms with Crippen LogP contribution in [0.25, 0.3) is 0 Å². The molecule has 0 bridgehead atoms. The van der Waals surface area contributed by atoms with E-state index in [-0.39, 0.29) is 18.2 Å². The van der Waals surface area contributed by atoms with Gasteiger partial charge in [0.05, 0.1) is 11.5 Å². The van der Waals surface area contributed by atoms with Crippen molar-refractivity contribution in [3.8, 4) is 0 Å². The predicted octanol–water partition coefficient (Wildman–Crippen LogP) is 3.72. The average Bonchev–Trinajstić information content (AvgIpc) is 3.16. The number of nitrogens with two attached hydrogens (primary N) is 1. The highest BCUT2D eigenvalue weighted by Gasteiger charge is 2.36. The quantitative estimate of drug-likeness (QED) is 0.731. The normalized spacial score (nSPS) is 18.8. The smallest absolute Gasteiger partial charge is 0.251 e. The van der Waals surface area contributed by atoms with Crippen molar-refractivity contribution < 1.29 is 14.4 Å². The standard InChI is InChI=1S/C23H27N3O3S/c1-13-7-6-9-17(14(13)2)26-12-15(11-19(26)27)22(29)25-23-20(21(24)28)16-8-4-3-5-10-18(16)30-23/h6-7,9,15H,3-5,8,10-12H2,1-2H3,(H2,24,28)(H,25,29)/t15-/m1/s1. The molecule has 30 heavy (non-hydrogen) atoms. The molecule has 0 saturated carbocycles. The number of hydrogen-bond acceptors (Lipinski definition) is 4. The number of nitrogens with one attached hydrogen (secondary N) is 1. The molecule has 0 spiro atoms. The lowest BCUT2D eigenvalue weighted by molar-refractivity contribution is -0.122. The van der Waals surface area contributed by atoms with Gasteiger partial charge in [-0.2, -0.15) is 0 Å². The van der Waals surface area contributed by atoms with Crippen molar-refractivity contribution in [2.75, 3.05) is 16.8 Å². The summed E-state index contributed by atoms with van der Waals surface area (Å²) in [5.41, 5.74) is 10.1. The first kappa shape index (κ1) is 20.6. The number of carbonyl (C=O) groups is 3. The van der Waals surface area contributed by atoms with E-state index in [4.69, 9.17) is 5.73 Å². The summed E-state index contributed by atoms with van der Waals surface area (Å²) in [7, 11) is 0. The lowest BCUT2D eigenvalue weighted by atomic mass is 10.0. The summed E-state index contributed by atoms with van der Waals surface area (Å²) < 4.78 is 0. The van der Waals surface area contributed by atoms with Crippen molar-refractivity contribution in [1.29, 1.82) is 0 Å². The van der Waals surface area contributed by atoms with Crippen molar-refractivity contribution in [2.45, 2.75) is 52.4 Å². The summed E-state index contributed by atoms with van der Waals surface area (Å²) >= 11 is 1.46. The van der Waals surface area contributed by atoms with Crippen molar-refractivity contribution in [2.24, 2.45) is 11.7 Å². The summed E-state index contributed by atoms with van der Waals surface area (Å²) in [5, 5.41) is 3.47. The molecule has 6 nitrogen and oxygen atoms in total. The Morgan fingerprint density at radius 2 is 1.93 bits per heavy atom. The second kappa shape index (κ2) is 8.22. The van der Waals surface area contributed by atoms with Gasteiger partial charge in [0.25, 0.3) is 5.91 Å². The van der Waals surface area contributed by atoms with Crippen LogP contribution < -0.4 is 16.0 Å². The molecule has 7 heteroatoms. The lowest BCUT2D eigenvalue weighted by Crippen LogP contribution is -2.29. The molecule has 1 aliphatic heterocycles. The van der Waals surface area contributed by atoms with Crippen molar-refractivity contribution >= 4 is 39.7 Å². The molecule has 0 unspecified atom stereocenters. The van der Waals surface area contributed by atoms with E-state index in [9.17, 15) is 14.4 Å². The lowest BCUT2D eigenvalue weighted by Gasteiger charge is -2.20. The fourth-order valence-electron chi connectivity index (χ4n) is 4.45. The van der Waals surface area contributed by atoms with E-state index < -0.39 is 11.8 Å². The Kier molecular flexibility index (Phi) is 5.64. The highest BCUT2D eigenvalue weighted by molar-refractivity contribution is 7.17. The van der Waals surface area contributed by atoms with Gasteiger partial charge in [0.1, 0.15) is 5.00 Å². The molecule has 3 N–H and O–H groups in total. The van der Waals surface area contributed by atoms with E-state index in [1.54, 1.807) is 4.90 Å². The highest BCUT2D eigenvalue weighted by Crippen LogP contribution is 2.38. The van der Waals surface area contributed by atoms with Crippen LogP contribution in [0.15, 0.2) is 18.2 Å². The maximum absolute atomic E-state index is 13.0. The number of primary amides is 1. The van der Waals surface area contributed by atoms with Crippen molar-refractivity contribution in [1.82, 2.24) is 0 Å². The maximum atomic E-state index is 13.0. The van der Waals surface area contributed by atoms with E-state index in [1.807, 2.05) is 32.0 Å². The van der Waals surface area contributed by atoms with Crippen LogP contribution in [-0.2, 0) is 22.4 Å². The van der Waals surface area contributed by atoms with Crippen LogP contribution in [0, 0.1) is 19.8 Å². The Morgan fingerprint density at radius 1 is 1.17 bits per heavy atom. The predicted molar refractivity (Wildman–Crippen MR) is 119 cm³/mol. The molecule has 1 aliphatic carbocycles. The summed E-state index contributed by atoms with van der Waals surface area (Å²) in [6.45, 7) is 4.34. The molecule has 1 saturated heterocycles. The molecule has 3 amide bonds. The van der Waals surface area contributed by atoms with Crippen molar-refractivity contribution in [3.05, 3.63) is 45.3 Å². The molecule has 1 aromatic carbocycles. The number of thiophene rings is 1. The van der Waals surface area contributed by atoms with Gasteiger partial charge in [-0.3, -0.25) is 14.4 Å². The minimum Gasteiger partial charge on any atom is -0.365 e. The molecule has 1 aromatic heterocycles. The number of nitrogens with zero attached hydrogens (tertiary/aromatic N) is 1. The van der Waals surface area contributed by atoms with E-state index in [1.165, 1.54) is 11.3 Å². The van der Waals surface area contributed by atoms with Gasteiger partial charge in [-0.25, -0.2) is 0 Å². The SMILES string of the molecule is Cc1cccc(N2C[C@H](C(=O)Nc3sc4c(c3C(N)=O)CCCCC4)CC2=O)c1C. The number of aryl methyl sites for hydroxylation is 2. The second-order valence-corrected chi connectivity index (χ2v) is 9.35. The Balaban J connectivity index is 1.55. The first-order valence-corrected chi connectivity index (χ1v) is 11.3.